The molecule has 2 heterocycles. The highest BCUT2D eigenvalue weighted by Gasteiger charge is 2.33. The van der Waals surface area contributed by atoms with E-state index in [2.05, 4.69) is 10.2 Å². The van der Waals surface area contributed by atoms with Crippen LogP contribution in [0.4, 0.5) is 0 Å². The van der Waals surface area contributed by atoms with E-state index in [1.165, 1.54) is 0 Å². The van der Waals surface area contributed by atoms with Gasteiger partial charge in [0.1, 0.15) is 0 Å². The maximum atomic E-state index is 13.1. The summed E-state index contributed by atoms with van der Waals surface area (Å²) in [5.41, 5.74) is 3.58. The van der Waals surface area contributed by atoms with Crippen molar-refractivity contribution in [3.63, 3.8) is 0 Å². The minimum absolute atomic E-state index is 0.157. The third kappa shape index (κ3) is 3.10. The third-order valence-corrected chi connectivity index (χ3v) is 7.15. The molecule has 0 unspecified atom stereocenters. The van der Waals surface area contributed by atoms with Gasteiger partial charge >= 0.3 is 0 Å². The van der Waals surface area contributed by atoms with Crippen molar-refractivity contribution in [3.8, 4) is 0 Å². The molecule has 0 radical (unpaired) electrons. The van der Waals surface area contributed by atoms with Crippen LogP contribution in [0.25, 0.3) is 0 Å². The lowest BCUT2D eigenvalue weighted by molar-refractivity contribution is 0.312. The van der Waals surface area contributed by atoms with Gasteiger partial charge < -0.3 is 0 Å². The summed E-state index contributed by atoms with van der Waals surface area (Å²) in [6.07, 6.45) is 3.59. The number of piperidine rings is 1. The summed E-state index contributed by atoms with van der Waals surface area (Å²) in [4.78, 5) is 0.353. The number of sulfonamides is 1. The Hall–Kier alpha value is -1.37. The molecule has 5 nitrogen and oxygen atoms in total. The maximum absolute atomic E-state index is 13.1. The molecule has 7 heteroatoms. The smallest absolute Gasteiger partial charge is 0.243 e. The number of H-pyrrole nitrogens is 1. The summed E-state index contributed by atoms with van der Waals surface area (Å²) >= 11 is 6.11. The zero-order valence-corrected chi connectivity index (χ0v) is 15.7. The third-order valence-electron chi connectivity index (χ3n) is 4.73. The number of halogens is 1. The summed E-state index contributed by atoms with van der Waals surface area (Å²) < 4.78 is 27.9. The van der Waals surface area contributed by atoms with Crippen LogP contribution in [0.5, 0.6) is 0 Å². The lowest BCUT2D eigenvalue weighted by atomic mass is 9.94. The summed E-state index contributed by atoms with van der Waals surface area (Å²) in [5.74, 6) is 0.157. The van der Waals surface area contributed by atoms with E-state index < -0.39 is 10.0 Å². The van der Waals surface area contributed by atoms with Gasteiger partial charge in [-0.15, -0.1) is 0 Å². The monoisotopic (exact) mass is 367 g/mol. The number of hydrogen-bond acceptors (Lipinski definition) is 3. The first-order valence-corrected chi connectivity index (χ1v) is 9.89. The Labute approximate surface area is 148 Å². The van der Waals surface area contributed by atoms with E-state index in [4.69, 9.17) is 11.6 Å². The van der Waals surface area contributed by atoms with E-state index in [9.17, 15) is 8.42 Å². The van der Waals surface area contributed by atoms with Crippen LogP contribution in [-0.4, -0.2) is 36.0 Å². The highest BCUT2D eigenvalue weighted by Crippen LogP contribution is 2.32. The lowest BCUT2D eigenvalue weighted by Crippen LogP contribution is -2.39. The van der Waals surface area contributed by atoms with Crippen LogP contribution in [0.1, 0.15) is 41.1 Å². The Morgan fingerprint density at radius 2 is 1.96 bits per heavy atom. The predicted octanol–water partition coefficient (Wildman–Crippen LogP) is 3.56. The molecule has 3 rings (SSSR count). The topological polar surface area (TPSA) is 66.1 Å². The van der Waals surface area contributed by atoms with Gasteiger partial charge in [-0.2, -0.15) is 9.40 Å². The lowest BCUT2D eigenvalue weighted by Gasteiger charge is -2.32. The fraction of sp³-hybridized carbons (Fsp3) is 0.471. The minimum Gasteiger partial charge on any atom is -0.282 e. The molecule has 24 heavy (non-hydrogen) atoms. The van der Waals surface area contributed by atoms with E-state index >= 15 is 0 Å². The van der Waals surface area contributed by atoms with Gasteiger partial charge in [-0.25, -0.2) is 8.42 Å². The number of aryl methyl sites for hydroxylation is 3. The first-order valence-electron chi connectivity index (χ1n) is 8.07. The number of hydrogen-bond donors (Lipinski definition) is 1. The molecule has 0 saturated carbocycles. The quantitative estimate of drug-likeness (QED) is 0.901. The molecular formula is C17H22ClN3O2S. The number of nitrogens with one attached hydrogen (secondary N) is 1. The predicted molar refractivity (Wildman–Crippen MR) is 95.0 cm³/mol. The van der Waals surface area contributed by atoms with Crippen molar-refractivity contribution in [3.05, 3.63) is 45.7 Å². The van der Waals surface area contributed by atoms with Crippen molar-refractivity contribution in [2.75, 3.05) is 13.1 Å². The summed E-state index contributed by atoms with van der Waals surface area (Å²) in [5, 5.41) is 7.69. The first kappa shape index (κ1) is 17.5. The van der Waals surface area contributed by atoms with Crippen molar-refractivity contribution < 1.29 is 8.42 Å². The highest BCUT2D eigenvalue weighted by atomic mass is 35.5. The maximum Gasteiger partial charge on any atom is 0.243 e. The summed E-state index contributed by atoms with van der Waals surface area (Å²) in [6.45, 7) is 6.64. The molecule has 130 valence electrons. The SMILES string of the molecule is Cc1cc(S(=O)(=O)N2CCC[C@H](c3[nH]ncc3C)C2)c(C)cc1Cl. The minimum atomic E-state index is -3.53. The Morgan fingerprint density at radius 1 is 1.21 bits per heavy atom. The van der Waals surface area contributed by atoms with E-state index in [1.54, 1.807) is 29.6 Å². The zero-order chi connectivity index (χ0) is 17.5. The van der Waals surface area contributed by atoms with Gasteiger partial charge in [-0.3, -0.25) is 5.10 Å². The Kier molecular flexibility index (Phi) is 4.73. The Bertz CT molecular complexity index is 861. The number of benzene rings is 1. The average Bonchev–Trinajstić information content (AvgIpc) is 2.97. The number of aromatic amines is 1. The fourth-order valence-electron chi connectivity index (χ4n) is 3.34. The largest absolute Gasteiger partial charge is 0.282 e. The van der Waals surface area contributed by atoms with Crippen LogP contribution in [0, 0.1) is 20.8 Å². The molecule has 1 atom stereocenters. The average molecular weight is 368 g/mol. The van der Waals surface area contributed by atoms with Crippen LogP contribution in [0.2, 0.25) is 5.02 Å². The molecule has 1 aliphatic heterocycles. The van der Waals surface area contributed by atoms with Crippen LogP contribution in [0.3, 0.4) is 0 Å². The molecule has 0 bridgehead atoms. The molecular weight excluding hydrogens is 346 g/mol. The molecule has 1 aromatic carbocycles. The molecule has 1 aliphatic rings. The second-order valence-electron chi connectivity index (χ2n) is 6.54. The second kappa shape index (κ2) is 6.50. The molecule has 1 N–H and O–H groups in total. The van der Waals surface area contributed by atoms with Gasteiger partial charge in [0, 0.05) is 29.7 Å². The van der Waals surface area contributed by atoms with Crippen molar-refractivity contribution >= 4 is 21.6 Å². The molecule has 0 amide bonds. The van der Waals surface area contributed by atoms with Crippen molar-refractivity contribution in [2.45, 2.75) is 44.4 Å². The summed E-state index contributed by atoms with van der Waals surface area (Å²) in [7, 11) is -3.53. The van der Waals surface area contributed by atoms with E-state index in [-0.39, 0.29) is 5.92 Å². The van der Waals surface area contributed by atoms with Gasteiger partial charge in [0.05, 0.1) is 11.1 Å². The molecule has 2 aromatic rings. The molecule has 1 aromatic heterocycles. The highest BCUT2D eigenvalue weighted by molar-refractivity contribution is 7.89. The van der Waals surface area contributed by atoms with E-state index in [1.807, 2.05) is 13.8 Å². The number of nitrogens with zero attached hydrogens (tertiary/aromatic N) is 2. The van der Waals surface area contributed by atoms with Crippen LogP contribution in [0.15, 0.2) is 23.2 Å². The first-order chi connectivity index (χ1) is 11.3. The van der Waals surface area contributed by atoms with Gasteiger partial charge in [0.2, 0.25) is 10.0 Å². The zero-order valence-electron chi connectivity index (χ0n) is 14.1. The van der Waals surface area contributed by atoms with Gasteiger partial charge in [-0.05, 0) is 62.4 Å². The van der Waals surface area contributed by atoms with Crippen molar-refractivity contribution in [2.24, 2.45) is 0 Å². The normalized spacial score (nSPS) is 19.6. The standard InChI is InChI=1S/C17H22ClN3O2S/c1-11-8-16(12(2)7-15(11)18)24(22,23)21-6-4-5-14(10-21)17-13(3)9-19-20-17/h7-9,14H,4-6,10H2,1-3H3,(H,19,20)/t14-/m0/s1. The number of rotatable bonds is 3. The van der Waals surface area contributed by atoms with Crippen molar-refractivity contribution in [1.82, 2.24) is 14.5 Å². The Balaban J connectivity index is 1.93. The molecule has 1 fully saturated rings. The van der Waals surface area contributed by atoms with Crippen molar-refractivity contribution in [1.29, 1.82) is 0 Å². The molecule has 0 aliphatic carbocycles. The fourth-order valence-corrected chi connectivity index (χ4v) is 5.37. The van der Waals surface area contributed by atoms with Gasteiger partial charge in [0.25, 0.3) is 0 Å². The van der Waals surface area contributed by atoms with Gasteiger partial charge in [-0.1, -0.05) is 11.6 Å². The van der Waals surface area contributed by atoms with Crippen LogP contribution in [-0.2, 0) is 10.0 Å². The van der Waals surface area contributed by atoms with Crippen LogP contribution < -0.4 is 0 Å². The van der Waals surface area contributed by atoms with E-state index in [0.717, 1.165) is 29.7 Å². The van der Waals surface area contributed by atoms with E-state index in [0.29, 0.717) is 28.6 Å². The van der Waals surface area contributed by atoms with Gasteiger partial charge in [0.15, 0.2) is 0 Å². The summed E-state index contributed by atoms with van der Waals surface area (Å²) in [6, 6.07) is 3.41. The van der Waals surface area contributed by atoms with Crippen LogP contribution >= 0.6 is 11.6 Å². The Morgan fingerprint density at radius 3 is 2.62 bits per heavy atom. The molecule has 1 saturated heterocycles. The number of aromatic nitrogens is 2. The second-order valence-corrected chi connectivity index (χ2v) is 8.85. The molecule has 0 spiro atoms.